The van der Waals surface area contributed by atoms with E-state index < -0.39 is 11.7 Å². The van der Waals surface area contributed by atoms with Crippen molar-refractivity contribution in [2.45, 2.75) is 59.7 Å². The first-order chi connectivity index (χ1) is 13.6. The molecule has 4 nitrogen and oxygen atoms in total. The molecule has 0 aliphatic heterocycles. The highest BCUT2D eigenvalue weighted by atomic mass is 19.4. The van der Waals surface area contributed by atoms with Crippen molar-refractivity contribution in [3.05, 3.63) is 35.2 Å². The van der Waals surface area contributed by atoms with Gasteiger partial charge in [0.05, 0.1) is 24.1 Å². The van der Waals surface area contributed by atoms with Crippen LogP contribution in [0.2, 0.25) is 0 Å². The van der Waals surface area contributed by atoms with E-state index in [1.165, 1.54) is 6.07 Å². The summed E-state index contributed by atoms with van der Waals surface area (Å²) >= 11 is 0. The van der Waals surface area contributed by atoms with Crippen molar-refractivity contribution >= 4 is 0 Å². The molecule has 0 saturated carbocycles. The lowest BCUT2D eigenvalue weighted by atomic mass is 9.97. The van der Waals surface area contributed by atoms with Gasteiger partial charge in [0.2, 0.25) is 0 Å². The third-order valence-corrected chi connectivity index (χ3v) is 4.97. The number of benzene rings is 1. The largest absolute Gasteiger partial charge is 0.493 e. The summed E-state index contributed by atoms with van der Waals surface area (Å²) in [5, 5.41) is 7.07. The number of alkyl halides is 3. The highest BCUT2D eigenvalue weighted by Crippen LogP contribution is 2.39. The summed E-state index contributed by atoms with van der Waals surface area (Å²) in [5.41, 5.74) is 1.99. The molecule has 2 rings (SSSR count). The molecule has 2 aromatic rings. The molecule has 0 spiro atoms. The van der Waals surface area contributed by atoms with Crippen LogP contribution in [0.1, 0.15) is 56.9 Å². The average Bonchev–Trinajstić information content (AvgIpc) is 3.08. The van der Waals surface area contributed by atoms with Gasteiger partial charge in [0, 0.05) is 12.1 Å². The second kappa shape index (κ2) is 10.1. The maximum absolute atomic E-state index is 13.5. The lowest BCUT2D eigenvalue weighted by Crippen LogP contribution is -2.19. The molecule has 162 valence electrons. The van der Waals surface area contributed by atoms with Gasteiger partial charge in [0.15, 0.2) is 0 Å². The number of nitrogens with zero attached hydrogens (tertiary/aromatic N) is 2. The van der Waals surface area contributed by atoms with Crippen molar-refractivity contribution in [2.75, 3.05) is 20.2 Å². The third kappa shape index (κ3) is 6.49. The molecule has 1 aromatic carbocycles. The van der Waals surface area contributed by atoms with Crippen LogP contribution in [0, 0.1) is 12.8 Å². The first kappa shape index (κ1) is 23.3. The van der Waals surface area contributed by atoms with Crippen LogP contribution in [-0.2, 0) is 12.7 Å². The van der Waals surface area contributed by atoms with E-state index in [4.69, 9.17) is 4.74 Å². The summed E-state index contributed by atoms with van der Waals surface area (Å²) in [6, 6.07) is 2.30. The maximum atomic E-state index is 13.5. The number of ether oxygens (including phenoxy) is 1. The summed E-state index contributed by atoms with van der Waals surface area (Å²) in [5.74, 6) is 0.696. The molecule has 1 aromatic heterocycles. The molecule has 0 radical (unpaired) electrons. The van der Waals surface area contributed by atoms with Gasteiger partial charge in [-0.25, -0.2) is 0 Å². The van der Waals surface area contributed by atoms with E-state index in [1.807, 2.05) is 7.05 Å². The van der Waals surface area contributed by atoms with E-state index in [9.17, 15) is 13.2 Å². The zero-order valence-corrected chi connectivity index (χ0v) is 18.0. The van der Waals surface area contributed by atoms with Crippen LogP contribution in [0.5, 0.6) is 5.75 Å². The Bertz CT molecular complexity index is 784. The van der Waals surface area contributed by atoms with Crippen molar-refractivity contribution in [3.8, 4) is 16.9 Å². The molecule has 1 heterocycles. The van der Waals surface area contributed by atoms with E-state index in [1.54, 1.807) is 13.1 Å². The number of H-pyrrole nitrogens is 1. The summed E-state index contributed by atoms with van der Waals surface area (Å²) in [6.45, 7) is 9.94. The zero-order valence-electron chi connectivity index (χ0n) is 18.0. The first-order valence-electron chi connectivity index (χ1n) is 10.2. The lowest BCUT2D eigenvalue weighted by molar-refractivity contribution is -0.137. The second-order valence-electron chi connectivity index (χ2n) is 8.03. The molecule has 7 heteroatoms. The standard InChI is InChI=1S/C22H32F3N3O/c1-6-7-9-28(5)14-20-19(13-26-27-20)18-11-17(22(23,24)25)12-21(16(18)4)29-10-8-15(2)3/h11-13,15H,6-10,14H2,1-5H3,(H,26,27). The second-order valence-corrected chi connectivity index (χ2v) is 8.03. The predicted octanol–water partition coefficient (Wildman–Crippen LogP) is 6.06. The Morgan fingerprint density at radius 1 is 1.21 bits per heavy atom. The summed E-state index contributed by atoms with van der Waals surface area (Å²) in [4.78, 5) is 2.14. The van der Waals surface area contributed by atoms with Crippen molar-refractivity contribution in [2.24, 2.45) is 5.92 Å². The summed E-state index contributed by atoms with van der Waals surface area (Å²) in [6.07, 6.45) is 0.0917. The Kier molecular flexibility index (Phi) is 8.14. The molecule has 29 heavy (non-hydrogen) atoms. The fourth-order valence-electron chi connectivity index (χ4n) is 3.13. The molecular weight excluding hydrogens is 379 g/mol. The van der Waals surface area contributed by atoms with E-state index in [2.05, 4.69) is 35.9 Å². The Labute approximate surface area is 171 Å². The van der Waals surface area contributed by atoms with Gasteiger partial charge in [0.1, 0.15) is 5.75 Å². The van der Waals surface area contributed by atoms with Crippen LogP contribution in [0.4, 0.5) is 13.2 Å². The van der Waals surface area contributed by atoms with Crippen LogP contribution in [0.3, 0.4) is 0 Å². The van der Waals surface area contributed by atoms with Gasteiger partial charge < -0.3 is 9.64 Å². The van der Waals surface area contributed by atoms with Gasteiger partial charge in [-0.3, -0.25) is 5.10 Å². The maximum Gasteiger partial charge on any atom is 0.416 e. The fourth-order valence-corrected chi connectivity index (χ4v) is 3.13. The molecule has 0 atom stereocenters. The smallest absolute Gasteiger partial charge is 0.416 e. The number of aromatic nitrogens is 2. The van der Waals surface area contributed by atoms with Crippen molar-refractivity contribution < 1.29 is 17.9 Å². The molecule has 0 amide bonds. The van der Waals surface area contributed by atoms with Crippen molar-refractivity contribution in [1.82, 2.24) is 15.1 Å². The number of hydrogen-bond acceptors (Lipinski definition) is 3. The van der Waals surface area contributed by atoms with E-state index in [0.717, 1.165) is 37.6 Å². The number of aromatic amines is 1. The van der Waals surface area contributed by atoms with Crippen LogP contribution in [0.15, 0.2) is 18.3 Å². The molecule has 0 fully saturated rings. The van der Waals surface area contributed by atoms with Gasteiger partial charge in [-0.05, 0) is 62.5 Å². The minimum absolute atomic E-state index is 0.280. The highest BCUT2D eigenvalue weighted by molar-refractivity contribution is 5.72. The number of halogens is 3. The average molecular weight is 412 g/mol. The van der Waals surface area contributed by atoms with Crippen LogP contribution < -0.4 is 4.74 Å². The lowest BCUT2D eigenvalue weighted by Gasteiger charge is -2.19. The van der Waals surface area contributed by atoms with Gasteiger partial charge in [-0.1, -0.05) is 27.2 Å². The molecule has 1 N–H and O–H groups in total. The Morgan fingerprint density at radius 3 is 2.55 bits per heavy atom. The molecule has 0 saturated heterocycles. The topological polar surface area (TPSA) is 41.2 Å². The highest BCUT2D eigenvalue weighted by Gasteiger charge is 2.32. The van der Waals surface area contributed by atoms with Crippen molar-refractivity contribution in [1.29, 1.82) is 0 Å². The number of unbranched alkanes of at least 4 members (excludes halogenated alkanes) is 1. The Balaban J connectivity index is 2.40. The number of rotatable bonds is 10. The molecular formula is C22H32F3N3O. The number of nitrogens with one attached hydrogen (secondary N) is 1. The normalized spacial score (nSPS) is 12.2. The van der Waals surface area contributed by atoms with E-state index in [0.29, 0.717) is 35.8 Å². The minimum Gasteiger partial charge on any atom is -0.493 e. The van der Waals surface area contributed by atoms with Crippen LogP contribution in [0.25, 0.3) is 11.1 Å². The van der Waals surface area contributed by atoms with E-state index in [-0.39, 0.29) is 5.75 Å². The van der Waals surface area contributed by atoms with Gasteiger partial charge >= 0.3 is 6.18 Å². The fraction of sp³-hybridized carbons (Fsp3) is 0.591. The van der Waals surface area contributed by atoms with Gasteiger partial charge in [0.25, 0.3) is 0 Å². The molecule has 0 unspecified atom stereocenters. The zero-order chi connectivity index (χ0) is 21.6. The van der Waals surface area contributed by atoms with Gasteiger partial charge in [-0.2, -0.15) is 18.3 Å². The monoisotopic (exact) mass is 411 g/mol. The Morgan fingerprint density at radius 2 is 1.93 bits per heavy atom. The summed E-state index contributed by atoms with van der Waals surface area (Å²) < 4.78 is 46.4. The van der Waals surface area contributed by atoms with Crippen LogP contribution >= 0.6 is 0 Å². The van der Waals surface area contributed by atoms with Gasteiger partial charge in [-0.15, -0.1) is 0 Å². The Hall–Kier alpha value is -2.02. The first-order valence-corrected chi connectivity index (χ1v) is 10.2. The molecule has 0 aliphatic carbocycles. The molecule has 0 aliphatic rings. The quantitative estimate of drug-likeness (QED) is 0.517. The third-order valence-electron chi connectivity index (χ3n) is 4.97. The van der Waals surface area contributed by atoms with Crippen LogP contribution in [-0.4, -0.2) is 35.3 Å². The minimum atomic E-state index is -4.44. The van der Waals surface area contributed by atoms with E-state index >= 15 is 0 Å². The predicted molar refractivity (Wildman–Crippen MR) is 110 cm³/mol. The number of hydrogen-bond donors (Lipinski definition) is 1. The molecule has 0 bridgehead atoms. The summed E-state index contributed by atoms with van der Waals surface area (Å²) in [7, 11) is 2.00. The SMILES string of the molecule is CCCCN(C)Cc1[nH]ncc1-c1cc(C(F)(F)F)cc(OCCC(C)C)c1C. The van der Waals surface area contributed by atoms with Crippen molar-refractivity contribution in [3.63, 3.8) is 0 Å².